The van der Waals surface area contributed by atoms with Crippen LogP contribution in [0, 0.1) is 5.82 Å². The van der Waals surface area contributed by atoms with E-state index in [-0.39, 0.29) is 17.0 Å². The van der Waals surface area contributed by atoms with Crippen LogP contribution in [0.3, 0.4) is 0 Å². The summed E-state index contributed by atoms with van der Waals surface area (Å²) in [4.78, 5) is 25.5. The van der Waals surface area contributed by atoms with Gasteiger partial charge in [-0.15, -0.1) is 0 Å². The van der Waals surface area contributed by atoms with Crippen LogP contribution in [0.1, 0.15) is 11.3 Å². The molecule has 36 heavy (non-hydrogen) atoms. The van der Waals surface area contributed by atoms with Gasteiger partial charge in [0.05, 0.1) is 11.4 Å². The fourth-order valence-corrected chi connectivity index (χ4v) is 4.72. The predicted molar refractivity (Wildman–Crippen MR) is 137 cm³/mol. The average Bonchev–Trinajstić information content (AvgIpc) is 3.16. The van der Waals surface area contributed by atoms with Crippen molar-refractivity contribution in [1.82, 2.24) is 14.6 Å². The molecule has 0 aliphatic heterocycles. The fraction of sp³-hybridized carbons (Fsp3) is 0.0769. The standard InChI is InChI=1S/C26H20ClFN3O4P/c1-36(33,34)35-23-14-19(28)11-12-20(23)22-15-24(32)29-26-25(17-7-9-18(27)10-8-17)21(30-31(22)26)13-16-5-3-2-4-6-16/h2-12,14-15H,13H2,1H3,(H,29,32)(H,33,34). The van der Waals surface area contributed by atoms with Gasteiger partial charge in [0.15, 0.2) is 0 Å². The highest BCUT2D eigenvalue weighted by Crippen LogP contribution is 2.43. The maximum atomic E-state index is 14.0. The van der Waals surface area contributed by atoms with Gasteiger partial charge in [-0.1, -0.05) is 54.1 Å². The van der Waals surface area contributed by atoms with Crippen molar-refractivity contribution in [2.45, 2.75) is 6.42 Å². The summed E-state index contributed by atoms with van der Waals surface area (Å²) in [5, 5.41) is 5.38. The molecule has 0 bridgehead atoms. The van der Waals surface area contributed by atoms with E-state index in [1.807, 2.05) is 42.5 Å². The summed E-state index contributed by atoms with van der Waals surface area (Å²) in [5.41, 5.74) is 3.66. The van der Waals surface area contributed by atoms with Crippen molar-refractivity contribution in [2.75, 3.05) is 6.66 Å². The zero-order valence-corrected chi connectivity index (χ0v) is 20.6. The molecule has 0 aliphatic carbocycles. The van der Waals surface area contributed by atoms with Gasteiger partial charge < -0.3 is 14.4 Å². The number of hydrogen-bond acceptors (Lipinski definition) is 4. The largest absolute Gasteiger partial charge is 0.424 e. The number of nitrogens with one attached hydrogen (secondary N) is 1. The van der Waals surface area contributed by atoms with Crippen molar-refractivity contribution in [3.8, 4) is 28.1 Å². The first-order valence-corrected chi connectivity index (χ1v) is 13.3. The van der Waals surface area contributed by atoms with Crippen LogP contribution in [0.25, 0.3) is 28.0 Å². The molecule has 10 heteroatoms. The molecule has 1 unspecified atom stereocenters. The second kappa shape index (κ2) is 9.39. The van der Waals surface area contributed by atoms with E-state index in [1.165, 1.54) is 22.7 Å². The van der Waals surface area contributed by atoms with E-state index in [9.17, 15) is 18.6 Å². The van der Waals surface area contributed by atoms with Gasteiger partial charge >= 0.3 is 7.60 Å². The van der Waals surface area contributed by atoms with Crippen LogP contribution in [-0.4, -0.2) is 26.2 Å². The molecular formula is C26H20ClFN3O4P. The van der Waals surface area contributed by atoms with E-state index in [4.69, 9.17) is 21.2 Å². The Labute approximate surface area is 210 Å². The lowest BCUT2D eigenvalue weighted by Crippen LogP contribution is -2.10. The lowest BCUT2D eigenvalue weighted by molar-refractivity contribution is 0.387. The molecule has 2 N–H and O–H groups in total. The Bertz CT molecular complexity index is 1680. The Balaban J connectivity index is 1.80. The molecule has 0 saturated heterocycles. The van der Waals surface area contributed by atoms with Crippen LogP contribution in [0.5, 0.6) is 5.75 Å². The van der Waals surface area contributed by atoms with Crippen LogP contribution in [0.2, 0.25) is 5.02 Å². The highest BCUT2D eigenvalue weighted by Gasteiger charge is 2.23. The number of hydrogen-bond donors (Lipinski definition) is 2. The number of benzene rings is 3. The molecule has 2 heterocycles. The molecule has 1 atom stereocenters. The summed E-state index contributed by atoms with van der Waals surface area (Å²) < 4.78 is 32.8. The SMILES string of the molecule is CP(=O)(O)Oc1cc(F)ccc1-c1cc(=O)[nH]c2c(-c3ccc(Cl)cc3)c(Cc3ccccc3)nn12. The minimum absolute atomic E-state index is 0.177. The van der Waals surface area contributed by atoms with Crippen LogP contribution in [-0.2, 0) is 11.0 Å². The van der Waals surface area contributed by atoms with Gasteiger partial charge in [0.2, 0.25) is 0 Å². The molecule has 0 aliphatic rings. The quantitative estimate of drug-likeness (QED) is 0.269. The number of aromatic nitrogens is 3. The first-order chi connectivity index (χ1) is 17.2. The second-order valence-electron chi connectivity index (χ2n) is 8.30. The third-order valence-electron chi connectivity index (χ3n) is 5.53. The number of nitrogens with zero attached hydrogens (tertiary/aromatic N) is 2. The lowest BCUT2D eigenvalue weighted by Gasteiger charge is -2.14. The number of fused-ring (bicyclic) bond motifs is 1. The van der Waals surface area contributed by atoms with E-state index in [0.29, 0.717) is 28.3 Å². The summed E-state index contributed by atoms with van der Waals surface area (Å²) in [5.74, 6) is -0.834. The van der Waals surface area contributed by atoms with Gasteiger partial charge in [-0.2, -0.15) is 5.10 Å². The molecule has 0 spiro atoms. The smallest absolute Gasteiger partial charge is 0.373 e. The highest BCUT2D eigenvalue weighted by molar-refractivity contribution is 7.52. The monoisotopic (exact) mass is 523 g/mol. The van der Waals surface area contributed by atoms with Crippen LogP contribution >= 0.6 is 19.2 Å². The number of halogens is 2. The molecule has 2 aromatic heterocycles. The third kappa shape index (κ3) is 4.97. The molecule has 0 amide bonds. The Kier molecular flexibility index (Phi) is 6.26. The molecule has 3 aromatic carbocycles. The van der Waals surface area contributed by atoms with Gasteiger partial charge in [-0.25, -0.2) is 13.5 Å². The zero-order valence-electron chi connectivity index (χ0n) is 19.0. The van der Waals surface area contributed by atoms with Crippen molar-refractivity contribution < 1.29 is 18.4 Å². The van der Waals surface area contributed by atoms with Crippen LogP contribution < -0.4 is 10.1 Å². The first-order valence-electron chi connectivity index (χ1n) is 10.9. The predicted octanol–water partition coefficient (Wildman–Crippen LogP) is 5.93. The van der Waals surface area contributed by atoms with Gasteiger partial charge in [0.25, 0.3) is 5.56 Å². The van der Waals surface area contributed by atoms with Crippen molar-refractivity contribution in [3.63, 3.8) is 0 Å². The van der Waals surface area contributed by atoms with Gasteiger partial charge in [0.1, 0.15) is 17.2 Å². The van der Waals surface area contributed by atoms with Crippen LogP contribution in [0.15, 0.2) is 83.7 Å². The molecule has 0 saturated carbocycles. The minimum Gasteiger partial charge on any atom is -0.424 e. The summed E-state index contributed by atoms with van der Waals surface area (Å²) in [6, 6.07) is 21.8. The van der Waals surface area contributed by atoms with Crippen LogP contribution in [0.4, 0.5) is 4.39 Å². The summed E-state index contributed by atoms with van der Waals surface area (Å²) in [6.45, 7) is 1.000. The molecule has 5 rings (SSSR count). The Morgan fingerprint density at radius 1 is 1.08 bits per heavy atom. The Morgan fingerprint density at radius 3 is 2.50 bits per heavy atom. The lowest BCUT2D eigenvalue weighted by atomic mass is 10.0. The minimum atomic E-state index is -4.02. The third-order valence-corrected chi connectivity index (χ3v) is 6.32. The van der Waals surface area contributed by atoms with E-state index in [1.54, 1.807) is 12.1 Å². The highest BCUT2D eigenvalue weighted by atomic mass is 35.5. The zero-order chi connectivity index (χ0) is 25.4. The van der Waals surface area contributed by atoms with Gasteiger partial charge in [-0.05, 0) is 35.4 Å². The van der Waals surface area contributed by atoms with E-state index < -0.39 is 19.0 Å². The normalized spacial score (nSPS) is 13.0. The Morgan fingerprint density at radius 2 is 1.81 bits per heavy atom. The molecule has 0 radical (unpaired) electrons. The van der Waals surface area contributed by atoms with E-state index in [2.05, 4.69) is 4.98 Å². The first kappa shape index (κ1) is 24.0. The maximum Gasteiger partial charge on any atom is 0.373 e. The average molecular weight is 524 g/mol. The second-order valence-corrected chi connectivity index (χ2v) is 10.5. The van der Waals surface area contributed by atoms with Gasteiger partial charge in [0, 0.05) is 41.4 Å². The molecule has 7 nitrogen and oxygen atoms in total. The maximum absolute atomic E-state index is 14.0. The van der Waals surface area contributed by atoms with E-state index in [0.717, 1.165) is 23.9 Å². The van der Waals surface area contributed by atoms with Crippen molar-refractivity contribution in [1.29, 1.82) is 0 Å². The van der Waals surface area contributed by atoms with Crippen molar-refractivity contribution >= 4 is 24.8 Å². The van der Waals surface area contributed by atoms with E-state index >= 15 is 0 Å². The summed E-state index contributed by atoms with van der Waals surface area (Å²) >= 11 is 6.11. The van der Waals surface area contributed by atoms with Crippen molar-refractivity contribution in [2.24, 2.45) is 0 Å². The summed E-state index contributed by atoms with van der Waals surface area (Å²) in [7, 11) is -4.02. The molecule has 5 aromatic rings. The number of H-pyrrole nitrogens is 1. The number of rotatable bonds is 6. The Hall–Kier alpha value is -3.71. The molecule has 0 fully saturated rings. The van der Waals surface area contributed by atoms with Gasteiger partial charge in [-0.3, -0.25) is 4.79 Å². The fourth-order valence-electron chi connectivity index (χ4n) is 4.08. The topological polar surface area (TPSA) is 96.7 Å². The molecule has 182 valence electrons. The van der Waals surface area contributed by atoms with Crippen molar-refractivity contribution in [3.05, 3.63) is 111 Å². The number of aromatic amines is 1. The summed E-state index contributed by atoms with van der Waals surface area (Å²) in [6.07, 6.45) is 0.468. The molecular weight excluding hydrogens is 504 g/mol.